The lowest BCUT2D eigenvalue weighted by atomic mass is 10.1. The van der Waals surface area contributed by atoms with Gasteiger partial charge in [0.15, 0.2) is 0 Å². The molecule has 1 heterocycles. The molecule has 102 valence electrons. The number of nitrogens with one attached hydrogen (secondary N) is 1. The predicted molar refractivity (Wildman–Crippen MR) is 80.7 cm³/mol. The highest BCUT2D eigenvalue weighted by Gasteiger charge is 2.07. The van der Waals surface area contributed by atoms with Gasteiger partial charge in [0, 0.05) is 24.0 Å². The van der Waals surface area contributed by atoms with Gasteiger partial charge in [-0.1, -0.05) is 29.8 Å². The monoisotopic (exact) mass is 276 g/mol. The molecule has 1 aromatic carbocycles. The van der Waals surface area contributed by atoms with Crippen LogP contribution < -0.4 is 11.1 Å². The quantitative estimate of drug-likeness (QED) is 0.851. The summed E-state index contributed by atoms with van der Waals surface area (Å²) in [5.41, 5.74) is 8.04. The highest BCUT2D eigenvalue weighted by atomic mass is 32.1. The van der Waals surface area contributed by atoms with Crippen molar-refractivity contribution in [1.29, 1.82) is 0 Å². The van der Waals surface area contributed by atoms with Crippen LogP contribution in [0, 0.1) is 6.92 Å². The van der Waals surface area contributed by atoms with E-state index < -0.39 is 0 Å². The van der Waals surface area contributed by atoms with E-state index in [9.17, 15) is 0 Å². The first-order valence-electron chi connectivity index (χ1n) is 6.52. The van der Waals surface area contributed by atoms with Crippen LogP contribution in [-0.2, 0) is 6.42 Å². The van der Waals surface area contributed by atoms with Gasteiger partial charge in [0.25, 0.3) is 0 Å². The molecule has 0 spiro atoms. The molecule has 0 aliphatic heterocycles. The fourth-order valence-electron chi connectivity index (χ4n) is 1.81. The largest absolute Gasteiger partial charge is 0.358 e. The van der Waals surface area contributed by atoms with Crippen molar-refractivity contribution in [3.8, 4) is 0 Å². The molecule has 4 nitrogen and oxygen atoms in total. The molecule has 2 aromatic rings. The summed E-state index contributed by atoms with van der Waals surface area (Å²) >= 11 is 1.41. The number of hydrogen-bond donors (Lipinski definition) is 2. The van der Waals surface area contributed by atoms with Crippen LogP contribution in [0.3, 0.4) is 0 Å². The lowest BCUT2D eigenvalue weighted by Gasteiger charge is -2.09. The molecule has 0 aliphatic carbocycles. The number of aromatic nitrogens is 2. The first-order chi connectivity index (χ1) is 9.17. The predicted octanol–water partition coefficient (Wildman–Crippen LogP) is 2.59. The van der Waals surface area contributed by atoms with Crippen LogP contribution >= 0.6 is 11.5 Å². The molecular weight excluding hydrogens is 256 g/mol. The van der Waals surface area contributed by atoms with Crippen LogP contribution in [0.15, 0.2) is 24.3 Å². The lowest BCUT2D eigenvalue weighted by molar-refractivity contribution is 0.715. The Morgan fingerprint density at radius 3 is 2.74 bits per heavy atom. The minimum atomic E-state index is 0.338. The molecule has 0 radical (unpaired) electrons. The van der Waals surface area contributed by atoms with Crippen LogP contribution in [0.5, 0.6) is 0 Å². The first kappa shape index (κ1) is 14.0. The number of nitrogens with two attached hydrogens (primary N) is 1. The summed E-state index contributed by atoms with van der Waals surface area (Å²) in [4.78, 5) is 4.51. The normalized spacial score (nSPS) is 12.4. The molecule has 0 aliphatic rings. The van der Waals surface area contributed by atoms with Crippen LogP contribution in [0.4, 0.5) is 5.13 Å². The van der Waals surface area contributed by atoms with E-state index in [1.54, 1.807) is 0 Å². The van der Waals surface area contributed by atoms with Crippen molar-refractivity contribution in [2.45, 2.75) is 32.7 Å². The Hall–Kier alpha value is -1.46. The van der Waals surface area contributed by atoms with Crippen molar-refractivity contribution < 1.29 is 0 Å². The fourth-order valence-corrected chi connectivity index (χ4v) is 2.50. The van der Waals surface area contributed by atoms with Crippen LogP contribution in [-0.4, -0.2) is 21.9 Å². The maximum atomic E-state index is 5.53. The second-order valence-electron chi connectivity index (χ2n) is 4.80. The van der Waals surface area contributed by atoms with Gasteiger partial charge in [0.1, 0.15) is 5.82 Å². The minimum Gasteiger partial charge on any atom is -0.358 e. The Balaban J connectivity index is 1.95. The summed E-state index contributed by atoms with van der Waals surface area (Å²) in [5, 5.41) is 4.20. The zero-order chi connectivity index (χ0) is 13.7. The lowest BCUT2D eigenvalue weighted by Crippen LogP contribution is -2.19. The third-order valence-corrected chi connectivity index (χ3v) is 3.60. The molecule has 1 atom stereocenters. The molecule has 5 heteroatoms. The van der Waals surface area contributed by atoms with E-state index in [1.807, 2.05) is 0 Å². The minimum absolute atomic E-state index is 0.338. The second kappa shape index (κ2) is 6.63. The summed E-state index contributed by atoms with van der Waals surface area (Å²) in [6, 6.07) is 8.82. The van der Waals surface area contributed by atoms with E-state index in [0.717, 1.165) is 23.8 Å². The zero-order valence-corrected chi connectivity index (χ0v) is 12.2. The third-order valence-electron chi connectivity index (χ3n) is 2.92. The van der Waals surface area contributed by atoms with Crippen LogP contribution in [0.2, 0.25) is 0 Å². The van der Waals surface area contributed by atoms with Gasteiger partial charge in [-0.2, -0.15) is 4.37 Å². The van der Waals surface area contributed by atoms with Crippen molar-refractivity contribution in [2.24, 2.45) is 5.73 Å². The Labute approximate surface area is 118 Å². The van der Waals surface area contributed by atoms with Crippen molar-refractivity contribution in [2.75, 3.05) is 11.9 Å². The van der Waals surface area contributed by atoms with E-state index in [4.69, 9.17) is 5.73 Å². The van der Waals surface area contributed by atoms with Crippen molar-refractivity contribution in [1.82, 2.24) is 9.36 Å². The van der Waals surface area contributed by atoms with E-state index >= 15 is 0 Å². The smallest absolute Gasteiger partial charge is 0.202 e. The maximum absolute atomic E-state index is 5.53. The van der Waals surface area contributed by atoms with Crippen molar-refractivity contribution >= 4 is 16.7 Å². The summed E-state index contributed by atoms with van der Waals surface area (Å²) < 4.78 is 4.38. The molecule has 0 fully saturated rings. The molecule has 19 heavy (non-hydrogen) atoms. The molecule has 0 amide bonds. The van der Waals surface area contributed by atoms with Gasteiger partial charge in [-0.3, -0.25) is 0 Å². The van der Waals surface area contributed by atoms with E-state index in [2.05, 4.69) is 52.8 Å². The topological polar surface area (TPSA) is 63.8 Å². The standard InChI is InChI=1S/C14H20N4S/c1-10-3-5-12(6-4-10)9-13-17-14(19-18-13)16-11(2)7-8-15/h3-6,11H,7-9,15H2,1-2H3,(H,16,17,18). The Morgan fingerprint density at radius 2 is 2.05 bits per heavy atom. The Bertz CT molecular complexity index is 506. The molecular formula is C14H20N4S. The summed E-state index contributed by atoms with van der Waals surface area (Å²) in [6.45, 7) is 4.88. The van der Waals surface area contributed by atoms with Crippen LogP contribution in [0.1, 0.15) is 30.3 Å². The van der Waals surface area contributed by atoms with Gasteiger partial charge < -0.3 is 11.1 Å². The molecule has 1 aromatic heterocycles. The van der Waals surface area contributed by atoms with Crippen LogP contribution in [0.25, 0.3) is 0 Å². The Morgan fingerprint density at radius 1 is 1.32 bits per heavy atom. The van der Waals surface area contributed by atoms with Crippen molar-refractivity contribution in [3.63, 3.8) is 0 Å². The molecule has 0 bridgehead atoms. The Kier molecular flexibility index (Phi) is 4.87. The van der Waals surface area contributed by atoms with Gasteiger partial charge in [0.2, 0.25) is 5.13 Å². The average Bonchev–Trinajstić information content (AvgIpc) is 2.80. The first-order valence-corrected chi connectivity index (χ1v) is 7.29. The SMILES string of the molecule is Cc1ccc(Cc2nsc(NC(C)CCN)n2)cc1. The summed E-state index contributed by atoms with van der Waals surface area (Å²) in [5.74, 6) is 0.872. The number of rotatable bonds is 6. The van der Waals surface area contributed by atoms with E-state index in [-0.39, 0.29) is 0 Å². The van der Waals surface area contributed by atoms with Gasteiger partial charge in [-0.15, -0.1) is 0 Å². The van der Waals surface area contributed by atoms with Gasteiger partial charge in [-0.05, 0) is 32.4 Å². The fraction of sp³-hybridized carbons (Fsp3) is 0.429. The number of aryl methyl sites for hydroxylation is 1. The third kappa shape index (κ3) is 4.29. The van der Waals surface area contributed by atoms with Gasteiger partial charge in [-0.25, -0.2) is 4.98 Å². The maximum Gasteiger partial charge on any atom is 0.202 e. The van der Waals surface area contributed by atoms with E-state index in [0.29, 0.717) is 12.6 Å². The molecule has 0 saturated carbocycles. The second-order valence-corrected chi connectivity index (χ2v) is 5.55. The summed E-state index contributed by atoms with van der Waals surface area (Å²) in [6.07, 6.45) is 1.72. The van der Waals surface area contributed by atoms with Crippen molar-refractivity contribution in [3.05, 3.63) is 41.2 Å². The number of anilines is 1. The molecule has 3 N–H and O–H groups in total. The number of benzene rings is 1. The highest BCUT2D eigenvalue weighted by molar-refractivity contribution is 7.09. The average molecular weight is 276 g/mol. The number of hydrogen-bond acceptors (Lipinski definition) is 5. The van der Waals surface area contributed by atoms with Gasteiger partial charge in [0.05, 0.1) is 0 Å². The molecule has 2 rings (SSSR count). The van der Waals surface area contributed by atoms with Gasteiger partial charge >= 0.3 is 0 Å². The molecule has 1 unspecified atom stereocenters. The zero-order valence-electron chi connectivity index (χ0n) is 11.4. The molecule has 0 saturated heterocycles. The highest BCUT2D eigenvalue weighted by Crippen LogP contribution is 2.16. The summed E-state index contributed by atoms with van der Waals surface area (Å²) in [7, 11) is 0. The number of nitrogens with zero attached hydrogens (tertiary/aromatic N) is 2. The van der Waals surface area contributed by atoms with E-state index in [1.165, 1.54) is 22.7 Å².